The standard InChI is InChI=1S/C25H34N2O2/c1-7-28-21-10-8-9-11-22(21)29-23(24-26-12-13-27-24)16-20-17(2)14-19(15-18(20)3)25(4,5)6/h8-11,14-15,23H,7,12-13,16H2,1-6H3,(H,26,27). The zero-order valence-electron chi connectivity index (χ0n) is 18.6. The van der Waals surface area contributed by atoms with Crippen molar-refractivity contribution in [2.24, 2.45) is 4.99 Å². The third-order valence-electron chi connectivity index (χ3n) is 5.37. The van der Waals surface area contributed by atoms with E-state index in [1.807, 2.05) is 31.2 Å². The Morgan fingerprint density at radius 3 is 2.28 bits per heavy atom. The molecule has 0 aliphatic carbocycles. The highest BCUT2D eigenvalue weighted by Gasteiger charge is 2.25. The molecule has 156 valence electrons. The highest BCUT2D eigenvalue weighted by atomic mass is 16.5. The normalized spacial score (nSPS) is 14.9. The third-order valence-corrected chi connectivity index (χ3v) is 5.37. The number of aryl methyl sites for hydroxylation is 2. The van der Waals surface area contributed by atoms with Crippen LogP contribution in [0.3, 0.4) is 0 Å². The van der Waals surface area contributed by atoms with Crippen molar-refractivity contribution < 1.29 is 9.47 Å². The average Bonchev–Trinajstić information content (AvgIpc) is 3.19. The Balaban J connectivity index is 1.92. The average molecular weight is 395 g/mol. The molecule has 0 bridgehead atoms. The van der Waals surface area contributed by atoms with Gasteiger partial charge in [-0.15, -0.1) is 0 Å². The second-order valence-electron chi connectivity index (χ2n) is 8.72. The van der Waals surface area contributed by atoms with E-state index in [0.29, 0.717) is 6.61 Å². The first-order valence-electron chi connectivity index (χ1n) is 10.6. The summed E-state index contributed by atoms with van der Waals surface area (Å²) in [6.07, 6.45) is 0.603. The number of nitrogens with zero attached hydrogens (tertiary/aromatic N) is 1. The summed E-state index contributed by atoms with van der Waals surface area (Å²) in [5.41, 5.74) is 5.44. The molecule has 1 atom stereocenters. The molecule has 1 aliphatic rings. The fourth-order valence-corrected chi connectivity index (χ4v) is 3.74. The molecule has 4 nitrogen and oxygen atoms in total. The van der Waals surface area contributed by atoms with Crippen molar-refractivity contribution in [2.75, 3.05) is 19.7 Å². The fourth-order valence-electron chi connectivity index (χ4n) is 3.74. The molecule has 0 radical (unpaired) electrons. The summed E-state index contributed by atoms with van der Waals surface area (Å²) >= 11 is 0. The molecular weight excluding hydrogens is 360 g/mol. The van der Waals surface area contributed by atoms with Crippen LogP contribution < -0.4 is 14.8 Å². The Bertz CT molecular complexity index is 858. The van der Waals surface area contributed by atoms with Gasteiger partial charge in [0.15, 0.2) is 17.6 Å². The van der Waals surface area contributed by atoms with Gasteiger partial charge in [0.25, 0.3) is 0 Å². The van der Waals surface area contributed by atoms with E-state index in [4.69, 9.17) is 9.47 Å². The van der Waals surface area contributed by atoms with Crippen LogP contribution in [0.2, 0.25) is 0 Å². The van der Waals surface area contributed by atoms with E-state index in [9.17, 15) is 0 Å². The van der Waals surface area contributed by atoms with Crippen LogP contribution in [0, 0.1) is 13.8 Å². The SMILES string of the molecule is CCOc1ccccc1OC(Cc1c(C)cc(C(C)(C)C)cc1C)C1=NCCN1. The molecule has 1 N–H and O–H groups in total. The smallest absolute Gasteiger partial charge is 0.162 e. The molecule has 29 heavy (non-hydrogen) atoms. The van der Waals surface area contributed by atoms with Crippen LogP contribution in [0.25, 0.3) is 0 Å². The predicted molar refractivity (Wildman–Crippen MR) is 121 cm³/mol. The number of ether oxygens (including phenoxy) is 2. The Hall–Kier alpha value is -2.49. The summed E-state index contributed by atoms with van der Waals surface area (Å²) in [4.78, 5) is 4.66. The highest BCUT2D eigenvalue weighted by molar-refractivity contribution is 5.88. The van der Waals surface area contributed by atoms with Gasteiger partial charge in [-0.25, -0.2) is 0 Å². The van der Waals surface area contributed by atoms with Crippen LogP contribution in [0.5, 0.6) is 11.5 Å². The van der Waals surface area contributed by atoms with Gasteiger partial charge in [0.05, 0.1) is 13.2 Å². The summed E-state index contributed by atoms with van der Waals surface area (Å²) in [5, 5.41) is 3.41. The van der Waals surface area contributed by atoms with Crippen LogP contribution in [-0.2, 0) is 11.8 Å². The monoisotopic (exact) mass is 394 g/mol. The van der Waals surface area contributed by atoms with E-state index in [1.165, 1.54) is 22.3 Å². The zero-order valence-corrected chi connectivity index (χ0v) is 18.6. The second kappa shape index (κ2) is 8.89. The minimum atomic E-state index is -0.169. The van der Waals surface area contributed by atoms with E-state index in [-0.39, 0.29) is 11.5 Å². The van der Waals surface area contributed by atoms with Crippen LogP contribution >= 0.6 is 0 Å². The number of amidine groups is 1. The van der Waals surface area contributed by atoms with E-state index in [2.05, 4.69) is 57.1 Å². The van der Waals surface area contributed by atoms with Crippen molar-refractivity contribution in [2.45, 2.75) is 59.5 Å². The summed E-state index contributed by atoms with van der Waals surface area (Å²) in [5.74, 6) is 2.46. The highest BCUT2D eigenvalue weighted by Crippen LogP contribution is 2.31. The third kappa shape index (κ3) is 5.11. The number of para-hydroxylation sites is 2. The molecule has 4 heteroatoms. The first-order chi connectivity index (χ1) is 13.8. The summed E-state index contributed by atoms with van der Waals surface area (Å²) < 4.78 is 12.2. The van der Waals surface area contributed by atoms with Gasteiger partial charge in [-0.1, -0.05) is 45.0 Å². The van der Waals surface area contributed by atoms with Crippen LogP contribution in [0.15, 0.2) is 41.4 Å². The number of hydrogen-bond acceptors (Lipinski definition) is 4. The molecule has 0 fully saturated rings. The fraction of sp³-hybridized carbons (Fsp3) is 0.480. The molecule has 2 aromatic carbocycles. The maximum absolute atomic E-state index is 6.48. The van der Waals surface area contributed by atoms with Crippen LogP contribution in [0.1, 0.15) is 49.9 Å². The molecule has 1 heterocycles. The van der Waals surface area contributed by atoms with E-state index < -0.39 is 0 Å². The van der Waals surface area contributed by atoms with Gasteiger partial charge in [-0.05, 0) is 60.6 Å². The Morgan fingerprint density at radius 2 is 1.72 bits per heavy atom. The Kier molecular flexibility index (Phi) is 6.51. The van der Waals surface area contributed by atoms with Crippen molar-refractivity contribution >= 4 is 5.84 Å². The molecule has 0 aromatic heterocycles. The first kappa shape index (κ1) is 21.2. The van der Waals surface area contributed by atoms with Gasteiger partial charge in [0.1, 0.15) is 5.84 Å². The number of hydrogen-bond donors (Lipinski definition) is 1. The summed E-state index contributed by atoms with van der Waals surface area (Å²) in [6.45, 7) is 15.4. The lowest BCUT2D eigenvalue weighted by molar-refractivity contribution is 0.241. The van der Waals surface area contributed by atoms with Gasteiger partial charge in [0.2, 0.25) is 0 Å². The molecule has 1 unspecified atom stereocenters. The maximum Gasteiger partial charge on any atom is 0.162 e. The molecule has 1 aliphatic heterocycles. The van der Waals surface area contributed by atoms with Gasteiger partial charge in [-0.3, -0.25) is 4.99 Å². The van der Waals surface area contributed by atoms with E-state index in [0.717, 1.165) is 36.8 Å². The molecular formula is C25H34N2O2. The molecule has 0 saturated carbocycles. The molecule has 3 rings (SSSR count). The topological polar surface area (TPSA) is 42.9 Å². The summed E-state index contributed by atoms with van der Waals surface area (Å²) in [7, 11) is 0. The Labute approximate surface area is 175 Å². The minimum absolute atomic E-state index is 0.136. The van der Waals surface area contributed by atoms with E-state index in [1.54, 1.807) is 0 Å². The number of nitrogens with one attached hydrogen (secondary N) is 1. The number of aliphatic imine (C=N–C) groups is 1. The Morgan fingerprint density at radius 1 is 1.07 bits per heavy atom. The van der Waals surface area contributed by atoms with Crippen molar-refractivity contribution in [1.29, 1.82) is 0 Å². The summed E-state index contributed by atoms with van der Waals surface area (Å²) in [6, 6.07) is 12.5. The minimum Gasteiger partial charge on any atom is -0.490 e. The van der Waals surface area contributed by atoms with Gasteiger partial charge < -0.3 is 14.8 Å². The van der Waals surface area contributed by atoms with Crippen molar-refractivity contribution in [1.82, 2.24) is 5.32 Å². The van der Waals surface area contributed by atoms with Gasteiger partial charge in [0, 0.05) is 13.0 Å². The van der Waals surface area contributed by atoms with E-state index >= 15 is 0 Å². The van der Waals surface area contributed by atoms with Crippen LogP contribution in [-0.4, -0.2) is 31.6 Å². The predicted octanol–water partition coefficient (Wildman–Crippen LogP) is 4.99. The molecule has 0 amide bonds. The number of rotatable bonds is 7. The molecule has 2 aromatic rings. The number of benzene rings is 2. The zero-order chi connectivity index (χ0) is 21.0. The van der Waals surface area contributed by atoms with Gasteiger partial charge in [-0.2, -0.15) is 0 Å². The lowest BCUT2D eigenvalue weighted by Crippen LogP contribution is -2.38. The first-order valence-corrected chi connectivity index (χ1v) is 10.6. The van der Waals surface area contributed by atoms with Crippen molar-refractivity contribution in [3.63, 3.8) is 0 Å². The quantitative estimate of drug-likeness (QED) is 0.719. The van der Waals surface area contributed by atoms with Crippen molar-refractivity contribution in [3.8, 4) is 11.5 Å². The molecule has 0 spiro atoms. The second-order valence-corrected chi connectivity index (χ2v) is 8.72. The maximum atomic E-state index is 6.48. The lowest BCUT2D eigenvalue weighted by atomic mass is 9.83. The molecule has 0 saturated heterocycles. The largest absolute Gasteiger partial charge is 0.490 e. The van der Waals surface area contributed by atoms with Crippen LogP contribution in [0.4, 0.5) is 0 Å². The van der Waals surface area contributed by atoms with Crippen molar-refractivity contribution in [3.05, 3.63) is 58.7 Å². The lowest BCUT2D eigenvalue weighted by Gasteiger charge is -2.25. The van der Waals surface area contributed by atoms with Gasteiger partial charge >= 0.3 is 0 Å².